The summed E-state index contributed by atoms with van der Waals surface area (Å²) in [6, 6.07) is 7.07. The molecule has 1 aliphatic heterocycles. The van der Waals surface area contributed by atoms with Crippen molar-refractivity contribution in [3.05, 3.63) is 60.3 Å². The summed E-state index contributed by atoms with van der Waals surface area (Å²) in [5.41, 5.74) is -1.07. The van der Waals surface area contributed by atoms with Crippen molar-refractivity contribution in [3.8, 4) is 16.9 Å². The molecule has 3 heterocycles. The van der Waals surface area contributed by atoms with Gasteiger partial charge in [0, 0.05) is 65.5 Å². The smallest absolute Gasteiger partial charge is 0.420 e. The van der Waals surface area contributed by atoms with E-state index in [1.54, 1.807) is 12.3 Å². The van der Waals surface area contributed by atoms with Crippen LogP contribution in [0.2, 0.25) is 0 Å². The number of alkyl halides is 3. The number of hydrogen-bond donors (Lipinski definition) is 2. The van der Waals surface area contributed by atoms with Gasteiger partial charge in [-0.2, -0.15) is 0 Å². The number of halogens is 3. The average Bonchev–Trinajstić information content (AvgIpc) is 3.12. The quantitative estimate of drug-likeness (QED) is 0.503. The number of aliphatic hydroxyl groups excluding tert-OH is 1. The number of aliphatic hydroxyl groups is 1. The van der Waals surface area contributed by atoms with E-state index in [-0.39, 0.29) is 17.2 Å². The number of nitrogens with one attached hydrogen (secondary N) is 1. The molecule has 1 fully saturated rings. The molecule has 0 aliphatic carbocycles. The first-order chi connectivity index (χ1) is 16.1. The number of nitrogens with zero attached hydrogens (tertiary/aromatic N) is 4. The molecular formula is C23H22ClF2N5O3. The first-order valence-electron chi connectivity index (χ1n) is 10.5. The summed E-state index contributed by atoms with van der Waals surface area (Å²) in [4.78, 5) is 27.8. The summed E-state index contributed by atoms with van der Waals surface area (Å²) >= 11 is 4.77. The normalized spacial score (nSPS) is 18.1. The van der Waals surface area contributed by atoms with Gasteiger partial charge in [0.1, 0.15) is 17.9 Å². The van der Waals surface area contributed by atoms with Gasteiger partial charge in [0.05, 0.1) is 11.7 Å². The number of carbonyl (C=O) groups excluding carboxylic acids is 1. The second kappa shape index (κ2) is 9.47. The lowest BCUT2D eigenvalue weighted by Crippen LogP contribution is -2.23. The van der Waals surface area contributed by atoms with Crippen LogP contribution in [0.3, 0.4) is 0 Å². The Balaban J connectivity index is 1.62. The second-order valence-electron chi connectivity index (χ2n) is 8.09. The zero-order valence-electron chi connectivity index (χ0n) is 18.4. The lowest BCUT2D eigenvalue weighted by molar-refractivity contribution is -0.0964. The predicted molar refractivity (Wildman–Crippen MR) is 123 cm³/mol. The third kappa shape index (κ3) is 5.40. The van der Waals surface area contributed by atoms with E-state index in [0.29, 0.717) is 30.2 Å². The molecule has 1 amide bonds. The number of hydrogen-bond acceptors (Lipinski definition) is 7. The Hall–Kier alpha value is -3.37. The number of rotatable bonds is 6. The molecule has 1 aromatic carbocycles. The molecule has 178 valence electrons. The standard InChI is InChI=1S/C23H22ClF2N5O3/c1-13-10-31(11-20(13)32)21-18(19-9-27-12-29-14(19)2)7-15(8-28-21)22(33)30-16-3-5-17(6-4-16)34-23(24,25)26/h3-9,12-13,20,32H,10-11H2,1-2H3,(H,30,33)/t13-,20-/m0/s1. The summed E-state index contributed by atoms with van der Waals surface area (Å²) in [7, 11) is 0. The molecule has 2 aromatic heterocycles. The molecule has 1 aliphatic rings. The molecule has 2 N–H and O–H groups in total. The van der Waals surface area contributed by atoms with E-state index in [4.69, 9.17) is 11.6 Å². The SMILES string of the molecule is Cc1ncncc1-c1cc(C(=O)Nc2ccc(OC(F)(F)Cl)cc2)cnc1N1C[C@H](C)[C@@H](O)C1. The number of amides is 1. The van der Waals surface area contributed by atoms with Crippen LogP contribution in [0.4, 0.5) is 20.3 Å². The van der Waals surface area contributed by atoms with Crippen molar-refractivity contribution in [2.45, 2.75) is 25.5 Å². The maximum Gasteiger partial charge on any atom is 0.487 e. The van der Waals surface area contributed by atoms with Crippen LogP contribution in [0, 0.1) is 12.8 Å². The molecule has 0 spiro atoms. The fourth-order valence-electron chi connectivity index (χ4n) is 3.75. The predicted octanol–water partition coefficient (Wildman–Crippen LogP) is 4.08. The highest BCUT2D eigenvalue weighted by Crippen LogP contribution is 2.34. The summed E-state index contributed by atoms with van der Waals surface area (Å²) in [6.07, 6.45) is 4.08. The van der Waals surface area contributed by atoms with Crippen molar-refractivity contribution >= 4 is 29.0 Å². The van der Waals surface area contributed by atoms with Gasteiger partial charge < -0.3 is 20.1 Å². The molecular weight excluding hydrogens is 468 g/mol. The van der Waals surface area contributed by atoms with Crippen molar-refractivity contribution < 1.29 is 23.4 Å². The van der Waals surface area contributed by atoms with E-state index in [9.17, 15) is 18.7 Å². The fourth-order valence-corrected chi connectivity index (χ4v) is 3.84. The molecule has 8 nitrogen and oxygen atoms in total. The Kier molecular flexibility index (Phi) is 6.63. The number of β-amino-alcohol motifs (C(OH)–C–C–N with tert-alkyl or cyclic N) is 1. The first kappa shape index (κ1) is 23.8. The van der Waals surface area contributed by atoms with Crippen LogP contribution in [0.1, 0.15) is 23.0 Å². The minimum absolute atomic E-state index is 0.0800. The minimum atomic E-state index is -3.82. The molecule has 3 aromatic rings. The van der Waals surface area contributed by atoms with Crippen molar-refractivity contribution in [3.63, 3.8) is 0 Å². The van der Waals surface area contributed by atoms with Gasteiger partial charge in [0.2, 0.25) is 0 Å². The lowest BCUT2D eigenvalue weighted by atomic mass is 10.0. The zero-order chi connectivity index (χ0) is 24.5. The van der Waals surface area contributed by atoms with Gasteiger partial charge in [-0.3, -0.25) is 4.79 Å². The Labute approximate surface area is 199 Å². The zero-order valence-corrected chi connectivity index (χ0v) is 19.1. The highest BCUT2D eigenvalue weighted by atomic mass is 35.5. The minimum Gasteiger partial charge on any atom is -0.420 e. The van der Waals surface area contributed by atoms with Crippen molar-refractivity contribution in [1.29, 1.82) is 0 Å². The lowest BCUT2D eigenvalue weighted by Gasteiger charge is -2.21. The van der Waals surface area contributed by atoms with Gasteiger partial charge in [-0.15, -0.1) is 8.78 Å². The van der Waals surface area contributed by atoms with E-state index < -0.39 is 17.6 Å². The van der Waals surface area contributed by atoms with Crippen molar-refractivity contribution in [2.24, 2.45) is 5.92 Å². The van der Waals surface area contributed by atoms with Gasteiger partial charge in [-0.1, -0.05) is 6.92 Å². The van der Waals surface area contributed by atoms with E-state index in [1.165, 1.54) is 36.8 Å². The largest absolute Gasteiger partial charge is 0.487 e. The highest BCUT2D eigenvalue weighted by Gasteiger charge is 2.31. The number of ether oxygens (including phenoxy) is 1. The third-order valence-electron chi connectivity index (χ3n) is 5.55. The molecule has 2 atom stereocenters. The van der Waals surface area contributed by atoms with Crippen LogP contribution in [-0.4, -0.2) is 50.7 Å². The summed E-state index contributed by atoms with van der Waals surface area (Å²) in [5, 5.41) is 12.9. The van der Waals surface area contributed by atoms with E-state index in [0.717, 1.165) is 11.3 Å². The number of anilines is 2. The van der Waals surface area contributed by atoms with Crippen molar-refractivity contribution in [1.82, 2.24) is 15.0 Å². The van der Waals surface area contributed by atoms with Crippen LogP contribution in [-0.2, 0) is 0 Å². The van der Waals surface area contributed by atoms with Crippen LogP contribution in [0.15, 0.2) is 49.1 Å². The number of aryl methyl sites for hydroxylation is 1. The third-order valence-corrected chi connectivity index (χ3v) is 5.63. The number of aromatic nitrogens is 3. The molecule has 0 radical (unpaired) electrons. The van der Waals surface area contributed by atoms with Gasteiger partial charge in [-0.25, -0.2) is 15.0 Å². The van der Waals surface area contributed by atoms with Crippen LogP contribution in [0.25, 0.3) is 11.1 Å². The van der Waals surface area contributed by atoms with Gasteiger partial charge in [0.25, 0.3) is 5.91 Å². The van der Waals surface area contributed by atoms with Crippen LogP contribution in [0.5, 0.6) is 5.75 Å². The van der Waals surface area contributed by atoms with Crippen LogP contribution < -0.4 is 15.0 Å². The molecule has 0 bridgehead atoms. The second-order valence-corrected chi connectivity index (χ2v) is 8.53. The van der Waals surface area contributed by atoms with E-state index in [1.807, 2.05) is 18.7 Å². The first-order valence-corrected chi connectivity index (χ1v) is 10.9. The van der Waals surface area contributed by atoms with Crippen LogP contribution >= 0.6 is 11.6 Å². The maximum atomic E-state index is 12.9. The van der Waals surface area contributed by atoms with Crippen molar-refractivity contribution in [2.75, 3.05) is 23.3 Å². The fraction of sp³-hybridized carbons (Fsp3) is 0.304. The van der Waals surface area contributed by atoms with E-state index >= 15 is 0 Å². The Morgan fingerprint density at radius 2 is 1.94 bits per heavy atom. The maximum absolute atomic E-state index is 12.9. The monoisotopic (exact) mass is 489 g/mol. The Bertz CT molecular complexity index is 1180. The average molecular weight is 490 g/mol. The van der Waals surface area contributed by atoms with Gasteiger partial charge >= 0.3 is 5.57 Å². The number of pyridine rings is 1. The topological polar surface area (TPSA) is 100 Å². The summed E-state index contributed by atoms with van der Waals surface area (Å²) in [5.74, 6) is 0.117. The molecule has 11 heteroatoms. The Morgan fingerprint density at radius 1 is 1.21 bits per heavy atom. The van der Waals surface area contributed by atoms with Gasteiger partial charge in [0.15, 0.2) is 0 Å². The summed E-state index contributed by atoms with van der Waals surface area (Å²) in [6.45, 7) is 4.85. The molecule has 1 saturated heterocycles. The molecule has 0 saturated carbocycles. The number of carbonyl (C=O) groups is 1. The van der Waals surface area contributed by atoms with Gasteiger partial charge in [-0.05, 0) is 37.3 Å². The molecule has 0 unspecified atom stereocenters. The summed E-state index contributed by atoms with van der Waals surface area (Å²) < 4.78 is 29.8. The molecule has 4 rings (SSSR count). The Morgan fingerprint density at radius 3 is 2.56 bits per heavy atom. The van der Waals surface area contributed by atoms with E-state index in [2.05, 4.69) is 25.0 Å². The number of benzene rings is 1. The highest BCUT2D eigenvalue weighted by molar-refractivity contribution is 6.20. The molecule has 34 heavy (non-hydrogen) atoms.